The molecule has 0 saturated carbocycles. The van der Waals surface area contributed by atoms with Gasteiger partial charge >= 0.3 is 0 Å². The minimum atomic E-state index is -0.612. The molecule has 2 aliphatic heterocycles. The van der Waals surface area contributed by atoms with Gasteiger partial charge in [-0.1, -0.05) is 43.9 Å². The van der Waals surface area contributed by atoms with E-state index in [0.717, 1.165) is 55.7 Å². The van der Waals surface area contributed by atoms with Crippen LogP contribution in [0.2, 0.25) is 0 Å². The van der Waals surface area contributed by atoms with Crippen LogP contribution in [0.4, 0.5) is 0 Å². The molecule has 200 valence electrons. The van der Waals surface area contributed by atoms with Gasteiger partial charge in [-0.2, -0.15) is 0 Å². The maximum absolute atomic E-state index is 11.3. The Balaban J connectivity index is 1.73. The van der Waals surface area contributed by atoms with Crippen LogP contribution in [0, 0.1) is 5.92 Å². The smallest absolute Gasteiger partial charge is 0.130 e. The van der Waals surface area contributed by atoms with Crippen LogP contribution in [0.25, 0.3) is 0 Å². The second-order valence-corrected chi connectivity index (χ2v) is 10.7. The predicted molar refractivity (Wildman–Crippen MR) is 147 cm³/mol. The van der Waals surface area contributed by atoms with E-state index in [1.807, 2.05) is 39.0 Å². The maximum atomic E-state index is 11.3. The van der Waals surface area contributed by atoms with Crippen LogP contribution in [0.15, 0.2) is 72.1 Å². The minimum Gasteiger partial charge on any atom is -0.491 e. The van der Waals surface area contributed by atoms with Gasteiger partial charge in [-0.05, 0) is 75.7 Å². The molecule has 1 aliphatic carbocycles. The summed E-state index contributed by atoms with van der Waals surface area (Å²) >= 11 is 0. The Kier molecular flexibility index (Phi) is 10.4. The van der Waals surface area contributed by atoms with Gasteiger partial charge in [0.2, 0.25) is 0 Å². The summed E-state index contributed by atoms with van der Waals surface area (Å²) in [5.74, 6) is 1.09. The molecule has 2 fully saturated rings. The Morgan fingerprint density at radius 3 is 2.61 bits per heavy atom. The highest BCUT2D eigenvalue weighted by molar-refractivity contribution is 5.36. The largest absolute Gasteiger partial charge is 0.491 e. The Labute approximate surface area is 218 Å². The van der Waals surface area contributed by atoms with E-state index in [2.05, 4.69) is 50.1 Å². The molecule has 0 aromatic rings. The molecule has 1 spiro atoms. The molecular formula is C31H47NO4. The molecule has 36 heavy (non-hydrogen) atoms. The molecule has 3 aliphatic rings. The first-order valence-electron chi connectivity index (χ1n) is 13.6. The predicted octanol–water partition coefficient (Wildman–Crippen LogP) is 6.24. The molecule has 0 bridgehead atoms. The van der Waals surface area contributed by atoms with E-state index in [1.54, 1.807) is 0 Å². The highest BCUT2D eigenvalue weighted by Crippen LogP contribution is 2.42. The zero-order chi connectivity index (χ0) is 26.3. The summed E-state index contributed by atoms with van der Waals surface area (Å²) in [7, 11) is 0. The van der Waals surface area contributed by atoms with E-state index >= 15 is 0 Å². The van der Waals surface area contributed by atoms with Gasteiger partial charge in [0, 0.05) is 32.5 Å². The van der Waals surface area contributed by atoms with Crippen molar-refractivity contribution < 1.29 is 19.3 Å². The van der Waals surface area contributed by atoms with Gasteiger partial charge < -0.3 is 19.3 Å². The number of piperidine rings is 1. The Hall–Kier alpha value is -1.92. The van der Waals surface area contributed by atoms with Crippen molar-refractivity contribution in [3.63, 3.8) is 0 Å². The highest BCUT2D eigenvalue weighted by atomic mass is 16.5. The van der Waals surface area contributed by atoms with Crippen molar-refractivity contribution >= 4 is 0 Å². The maximum Gasteiger partial charge on any atom is 0.130 e. The van der Waals surface area contributed by atoms with Gasteiger partial charge in [-0.3, -0.25) is 4.90 Å². The molecule has 5 nitrogen and oxygen atoms in total. The van der Waals surface area contributed by atoms with Crippen molar-refractivity contribution in [1.82, 2.24) is 4.90 Å². The van der Waals surface area contributed by atoms with E-state index in [1.165, 1.54) is 5.57 Å². The lowest BCUT2D eigenvalue weighted by Crippen LogP contribution is -2.55. The first kappa shape index (κ1) is 28.6. The summed E-state index contributed by atoms with van der Waals surface area (Å²) in [6, 6.07) is 0. The zero-order valence-electron chi connectivity index (χ0n) is 23.0. The van der Waals surface area contributed by atoms with Crippen LogP contribution in [-0.4, -0.2) is 59.8 Å². The standard InChI is InChI=1S/C31H47NO4/c1-8-12-27(23(6)9-2)29-20-26(34-10-3)21-31(36-29)15-17-32(18-16-31)30(33)25-13-11-14-28(24(7)19-25)35-22(4)5/h8-9,11-12,14,19,22-23,26,29-30,33H,1-2,10,13,15-18,20-21H2,3-7H3. The van der Waals surface area contributed by atoms with Crippen molar-refractivity contribution in [2.45, 2.75) is 96.9 Å². The van der Waals surface area contributed by atoms with Gasteiger partial charge in [-0.15, -0.1) is 6.58 Å². The van der Waals surface area contributed by atoms with Crippen LogP contribution >= 0.6 is 0 Å². The second-order valence-electron chi connectivity index (χ2n) is 10.7. The molecule has 0 amide bonds. The van der Waals surface area contributed by atoms with Crippen LogP contribution in [-0.2, 0) is 14.2 Å². The molecule has 4 atom stereocenters. The number of hydrogen-bond donors (Lipinski definition) is 1. The number of rotatable bonds is 10. The average Bonchev–Trinajstić information content (AvgIpc) is 3.03. The minimum absolute atomic E-state index is 0.0142. The van der Waals surface area contributed by atoms with E-state index in [0.29, 0.717) is 13.0 Å². The van der Waals surface area contributed by atoms with Gasteiger partial charge in [-0.25, -0.2) is 0 Å². The molecule has 2 saturated heterocycles. The number of aliphatic hydroxyl groups excluding tert-OH is 1. The number of likely N-dealkylation sites (tertiary alicyclic amines) is 1. The number of ether oxygens (including phenoxy) is 3. The van der Waals surface area contributed by atoms with E-state index in [9.17, 15) is 5.11 Å². The van der Waals surface area contributed by atoms with Crippen molar-refractivity contribution in [2.75, 3.05) is 19.7 Å². The van der Waals surface area contributed by atoms with Gasteiger partial charge in [0.25, 0.3) is 0 Å². The molecule has 3 rings (SSSR count). The highest BCUT2D eigenvalue weighted by Gasteiger charge is 2.46. The van der Waals surface area contributed by atoms with Gasteiger partial charge in [0.15, 0.2) is 0 Å². The molecule has 2 heterocycles. The summed E-state index contributed by atoms with van der Waals surface area (Å²) in [5.41, 5.74) is 3.03. The van der Waals surface area contributed by atoms with Crippen molar-refractivity contribution in [3.8, 4) is 0 Å². The third-order valence-electron chi connectivity index (χ3n) is 7.60. The van der Waals surface area contributed by atoms with Crippen LogP contribution < -0.4 is 0 Å². The topological polar surface area (TPSA) is 51.2 Å². The first-order valence-corrected chi connectivity index (χ1v) is 13.6. The third kappa shape index (κ3) is 7.10. The normalized spacial score (nSPS) is 27.0. The van der Waals surface area contributed by atoms with Gasteiger partial charge in [0.1, 0.15) is 12.0 Å². The Morgan fingerprint density at radius 2 is 2.00 bits per heavy atom. The summed E-state index contributed by atoms with van der Waals surface area (Å²) in [6.45, 7) is 20.5. The number of hydrogen-bond acceptors (Lipinski definition) is 5. The van der Waals surface area contributed by atoms with Crippen molar-refractivity contribution in [2.24, 2.45) is 5.92 Å². The molecule has 5 heteroatoms. The fraction of sp³-hybridized carbons (Fsp3) is 0.613. The summed E-state index contributed by atoms with van der Waals surface area (Å²) < 4.78 is 19.0. The first-order chi connectivity index (χ1) is 17.2. The second kappa shape index (κ2) is 13.0. The lowest BCUT2D eigenvalue weighted by atomic mass is 9.79. The quantitative estimate of drug-likeness (QED) is 0.286. The van der Waals surface area contributed by atoms with Crippen LogP contribution in [0.3, 0.4) is 0 Å². The van der Waals surface area contributed by atoms with Gasteiger partial charge in [0.05, 0.1) is 23.9 Å². The van der Waals surface area contributed by atoms with E-state index < -0.39 is 6.23 Å². The van der Waals surface area contributed by atoms with Crippen LogP contribution in [0.1, 0.15) is 66.7 Å². The lowest BCUT2D eigenvalue weighted by molar-refractivity contribution is -0.187. The number of nitrogens with zero attached hydrogens (tertiary/aromatic N) is 1. The van der Waals surface area contributed by atoms with E-state index in [4.69, 9.17) is 14.2 Å². The monoisotopic (exact) mass is 497 g/mol. The van der Waals surface area contributed by atoms with Crippen molar-refractivity contribution in [3.05, 3.63) is 72.1 Å². The summed E-state index contributed by atoms with van der Waals surface area (Å²) in [6.07, 6.45) is 16.0. The molecule has 0 aromatic heterocycles. The summed E-state index contributed by atoms with van der Waals surface area (Å²) in [5, 5.41) is 11.3. The Bertz CT molecular complexity index is 888. The lowest BCUT2D eigenvalue weighted by Gasteiger charge is -2.50. The summed E-state index contributed by atoms with van der Waals surface area (Å²) in [4.78, 5) is 2.18. The third-order valence-corrected chi connectivity index (χ3v) is 7.60. The number of allylic oxidation sites excluding steroid dienone is 7. The molecular weight excluding hydrogens is 450 g/mol. The SMILES string of the molecule is C=CC=C(C(C)C=C)C1CC(OCC)CC2(CCN(C(O)C3=CC(C)=C(OC(C)C)C=CC3)CC2)O1. The average molecular weight is 498 g/mol. The fourth-order valence-electron chi connectivity index (χ4n) is 5.67. The van der Waals surface area contributed by atoms with Crippen LogP contribution in [0.5, 0.6) is 0 Å². The molecule has 1 N–H and O–H groups in total. The van der Waals surface area contributed by atoms with E-state index in [-0.39, 0.29) is 29.8 Å². The molecule has 0 radical (unpaired) electrons. The van der Waals surface area contributed by atoms with Crippen molar-refractivity contribution in [1.29, 1.82) is 0 Å². The Morgan fingerprint density at radius 1 is 1.28 bits per heavy atom. The number of aliphatic hydroxyl groups is 1. The zero-order valence-corrected chi connectivity index (χ0v) is 23.0. The molecule has 0 aromatic carbocycles. The molecule has 4 unspecified atom stereocenters. The fourth-order valence-corrected chi connectivity index (χ4v) is 5.67.